The maximum Gasteiger partial charge on any atom is 0.0989 e. The van der Waals surface area contributed by atoms with Crippen molar-refractivity contribution in [3.05, 3.63) is 20.3 Å². The van der Waals surface area contributed by atoms with Gasteiger partial charge in [-0.2, -0.15) is 0 Å². The molecule has 86 valence electrons. The van der Waals surface area contributed by atoms with Crippen LogP contribution in [0.2, 0.25) is 8.67 Å². The summed E-state index contributed by atoms with van der Waals surface area (Å²) >= 11 is 13.3. The highest BCUT2D eigenvalue weighted by Crippen LogP contribution is 2.30. The predicted molar refractivity (Wildman–Crippen MR) is 69.2 cm³/mol. The molecule has 1 N–H and O–H groups in total. The van der Waals surface area contributed by atoms with Crippen molar-refractivity contribution in [1.29, 1.82) is 0 Å². The average Bonchev–Trinajstić information content (AvgIpc) is 2.52. The first-order valence-electron chi connectivity index (χ1n) is 4.96. The topological polar surface area (TPSA) is 15.3 Å². The van der Waals surface area contributed by atoms with Crippen LogP contribution in [0.1, 0.15) is 12.5 Å². The molecule has 1 heterocycles. The molecule has 0 unspecified atom stereocenters. The second-order valence-corrected chi connectivity index (χ2v) is 5.71. The van der Waals surface area contributed by atoms with E-state index in [1.54, 1.807) is 0 Å². The maximum absolute atomic E-state index is 6.00. The second kappa shape index (κ2) is 6.71. The molecule has 0 amide bonds. The average molecular weight is 267 g/mol. The van der Waals surface area contributed by atoms with E-state index in [0.29, 0.717) is 0 Å². The van der Waals surface area contributed by atoms with Crippen molar-refractivity contribution in [3.63, 3.8) is 0 Å². The molecule has 0 aromatic carbocycles. The van der Waals surface area contributed by atoms with Gasteiger partial charge in [0.15, 0.2) is 0 Å². The van der Waals surface area contributed by atoms with Crippen molar-refractivity contribution >= 4 is 34.5 Å². The third-order valence-electron chi connectivity index (χ3n) is 2.25. The van der Waals surface area contributed by atoms with Crippen LogP contribution in [0.5, 0.6) is 0 Å². The summed E-state index contributed by atoms with van der Waals surface area (Å²) < 4.78 is 1.54. The minimum Gasteiger partial charge on any atom is -0.311 e. The molecule has 0 aliphatic rings. The number of nitrogens with one attached hydrogen (secondary N) is 1. The van der Waals surface area contributed by atoms with Crippen molar-refractivity contribution in [3.8, 4) is 0 Å². The fourth-order valence-corrected chi connectivity index (χ4v) is 2.63. The van der Waals surface area contributed by atoms with Crippen molar-refractivity contribution in [2.24, 2.45) is 0 Å². The van der Waals surface area contributed by atoms with E-state index >= 15 is 0 Å². The molecule has 1 aromatic heterocycles. The molecule has 2 nitrogen and oxygen atoms in total. The van der Waals surface area contributed by atoms with Gasteiger partial charge in [-0.3, -0.25) is 0 Å². The van der Waals surface area contributed by atoms with E-state index in [9.17, 15) is 0 Å². The monoisotopic (exact) mass is 266 g/mol. The maximum atomic E-state index is 6.00. The Hall–Kier alpha value is 0.200. The molecule has 15 heavy (non-hydrogen) atoms. The van der Waals surface area contributed by atoms with E-state index in [1.165, 1.54) is 11.3 Å². The third-order valence-corrected chi connectivity index (χ3v) is 3.82. The van der Waals surface area contributed by atoms with Gasteiger partial charge < -0.3 is 10.2 Å². The van der Waals surface area contributed by atoms with Crippen LogP contribution in [-0.2, 0) is 6.54 Å². The summed E-state index contributed by atoms with van der Waals surface area (Å²) in [6.07, 6.45) is 0. The van der Waals surface area contributed by atoms with E-state index < -0.39 is 0 Å². The molecule has 1 rings (SSSR count). The Morgan fingerprint density at radius 1 is 1.47 bits per heavy atom. The van der Waals surface area contributed by atoms with Crippen LogP contribution in [0.4, 0.5) is 0 Å². The summed E-state index contributed by atoms with van der Waals surface area (Å²) in [6.45, 7) is 6.03. The third kappa shape index (κ3) is 4.70. The van der Waals surface area contributed by atoms with Gasteiger partial charge in [0.25, 0.3) is 0 Å². The van der Waals surface area contributed by atoms with Gasteiger partial charge in [0.2, 0.25) is 0 Å². The van der Waals surface area contributed by atoms with Crippen molar-refractivity contribution in [1.82, 2.24) is 10.2 Å². The Bertz CT molecular complexity index is 302. The summed E-state index contributed by atoms with van der Waals surface area (Å²) in [7, 11) is 2.11. The number of hydrogen-bond donors (Lipinski definition) is 1. The lowest BCUT2D eigenvalue weighted by Gasteiger charge is -2.13. The number of likely N-dealkylation sites (N-methyl/N-ethyl adjacent to an activating group) is 1. The highest BCUT2D eigenvalue weighted by Gasteiger charge is 2.04. The molecular formula is C10H16Cl2N2S. The molecule has 1 aromatic rings. The van der Waals surface area contributed by atoms with Gasteiger partial charge in [-0.15, -0.1) is 11.3 Å². The fourth-order valence-electron chi connectivity index (χ4n) is 1.15. The molecule has 0 bridgehead atoms. The van der Waals surface area contributed by atoms with Gasteiger partial charge in [0.05, 0.1) is 8.67 Å². The van der Waals surface area contributed by atoms with Gasteiger partial charge in [-0.05, 0) is 25.2 Å². The van der Waals surface area contributed by atoms with E-state index in [1.807, 2.05) is 6.07 Å². The van der Waals surface area contributed by atoms with Gasteiger partial charge in [0, 0.05) is 19.6 Å². The minimum atomic E-state index is 0.752. The summed E-state index contributed by atoms with van der Waals surface area (Å²) in [5.74, 6) is 0. The Morgan fingerprint density at radius 2 is 2.20 bits per heavy atom. The van der Waals surface area contributed by atoms with Gasteiger partial charge >= 0.3 is 0 Å². The van der Waals surface area contributed by atoms with Crippen LogP contribution < -0.4 is 5.32 Å². The summed E-state index contributed by atoms with van der Waals surface area (Å²) in [5.41, 5.74) is 1.09. The molecular weight excluding hydrogens is 251 g/mol. The highest BCUT2D eigenvalue weighted by atomic mass is 35.5. The normalized spacial score (nSPS) is 11.3. The Morgan fingerprint density at radius 3 is 2.73 bits per heavy atom. The summed E-state index contributed by atoms with van der Waals surface area (Å²) in [6, 6.07) is 1.92. The molecule has 0 atom stereocenters. The molecule has 0 fully saturated rings. The Balaban J connectivity index is 2.23. The molecule has 0 saturated carbocycles. The summed E-state index contributed by atoms with van der Waals surface area (Å²) in [5, 5.41) is 3.34. The van der Waals surface area contributed by atoms with Crippen LogP contribution in [0.15, 0.2) is 6.07 Å². The Labute approximate surface area is 105 Å². The fraction of sp³-hybridized carbons (Fsp3) is 0.600. The lowest BCUT2D eigenvalue weighted by molar-refractivity contribution is 0.349. The molecule has 0 spiro atoms. The number of nitrogens with zero attached hydrogens (tertiary/aromatic N) is 1. The number of hydrogen-bond acceptors (Lipinski definition) is 3. The predicted octanol–water partition coefficient (Wildman–Crippen LogP) is 3.10. The number of thiophene rings is 1. The van der Waals surface area contributed by atoms with E-state index in [2.05, 4.69) is 24.2 Å². The van der Waals surface area contributed by atoms with E-state index in [4.69, 9.17) is 23.2 Å². The van der Waals surface area contributed by atoms with Crippen LogP contribution in [0.3, 0.4) is 0 Å². The number of halogens is 2. The molecule has 0 aliphatic carbocycles. The SMILES string of the molecule is CCN(C)CCNCc1cc(Cl)sc1Cl. The molecule has 0 aliphatic heterocycles. The standard InChI is InChI=1S/C10H16Cl2N2S/c1-3-14(2)5-4-13-7-8-6-9(11)15-10(8)12/h6,13H,3-5,7H2,1-2H3. The van der Waals surface area contributed by atoms with Gasteiger partial charge in [-0.1, -0.05) is 30.1 Å². The van der Waals surface area contributed by atoms with Crippen molar-refractivity contribution in [2.75, 3.05) is 26.7 Å². The van der Waals surface area contributed by atoms with Gasteiger partial charge in [0.1, 0.15) is 0 Å². The molecule has 0 radical (unpaired) electrons. The van der Waals surface area contributed by atoms with E-state index in [-0.39, 0.29) is 0 Å². The van der Waals surface area contributed by atoms with Crippen LogP contribution >= 0.6 is 34.5 Å². The zero-order valence-electron chi connectivity index (χ0n) is 9.02. The van der Waals surface area contributed by atoms with Crippen LogP contribution in [-0.4, -0.2) is 31.6 Å². The zero-order valence-corrected chi connectivity index (χ0v) is 11.3. The highest BCUT2D eigenvalue weighted by molar-refractivity contribution is 7.20. The second-order valence-electron chi connectivity index (χ2n) is 3.42. The molecule has 5 heteroatoms. The van der Waals surface area contributed by atoms with Crippen molar-refractivity contribution in [2.45, 2.75) is 13.5 Å². The zero-order chi connectivity index (χ0) is 11.3. The lowest BCUT2D eigenvalue weighted by atomic mass is 10.3. The minimum absolute atomic E-state index is 0.752. The van der Waals surface area contributed by atoms with Crippen LogP contribution in [0.25, 0.3) is 0 Å². The Kier molecular flexibility index (Phi) is 5.94. The van der Waals surface area contributed by atoms with Crippen LogP contribution in [0, 0.1) is 0 Å². The number of rotatable bonds is 6. The van der Waals surface area contributed by atoms with Crippen molar-refractivity contribution < 1.29 is 0 Å². The first kappa shape index (κ1) is 13.3. The quantitative estimate of drug-likeness (QED) is 0.797. The largest absolute Gasteiger partial charge is 0.311 e. The smallest absolute Gasteiger partial charge is 0.0989 e. The first-order valence-corrected chi connectivity index (χ1v) is 6.53. The molecule has 0 saturated heterocycles. The van der Waals surface area contributed by atoms with E-state index in [0.717, 1.165) is 40.4 Å². The first-order chi connectivity index (χ1) is 7.13. The van der Waals surface area contributed by atoms with Gasteiger partial charge in [-0.25, -0.2) is 0 Å². The lowest BCUT2D eigenvalue weighted by Crippen LogP contribution is -2.28. The summed E-state index contributed by atoms with van der Waals surface area (Å²) in [4.78, 5) is 2.26.